The summed E-state index contributed by atoms with van der Waals surface area (Å²) in [4.78, 5) is 6.20. The van der Waals surface area contributed by atoms with E-state index in [2.05, 4.69) is 35.1 Å². The van der Waals surface area contributed by atoms with Gasteiger partial charge in [0.1, 0.15) is 0 Å². The van der Waals surface area contributed by atoms with Gasteiger partial charge in [0.05, 0.1) is 0 Å². The number of piperidine rings is 1. The van der Waals surface area contributed by atoms with Crippen LogP contribution in [-0.4, -0.2) is 29.0 Å². The van der Waals surface area contributed by atoms with Crippen LogP contribution in [-0.2, 0) is 12.8 Å². The van der Waals surface area contributed by atoms with Gasteiger partial charge in [-0.1, -0.05) is 12.5 Å². The lowest BCUT2D eigenvalue weighted by atomic mass is 9.87. The van der Waals surface area contributed by atoms with E-state index >= 15 is 0 Å². The van der Waals surface area contributed by atoms with E-state index in [1.54, 1.807) is 5.56 Å². The van der Waals surface area contributed by atoms with Gasteiger partial charge < -0.3 is 4.98 Å². The third-order valence-electron chi connectivity index (χ3n) is 4.91. The van der Waals surface area contributed by atoms with E-state index in [1.165, 1.54) is 67.2 Å². The quantitative estimate of drug-likeness (QED) is 0.826. The summed E-state index contributed by atoms with van der Waals surface area (Å²) in [6.45, 7) is 4.82. The van der Waals surface area contributed by atoms with E-state index in [0.717, 1.165) is 6.04 Å². The standard InChI is InChI=1S/C17H22N2/c1-12-7-13-9-15(19-5-3-2-4-6-19)10-14-11-18-16(8-12)17(13)14/h7-8,11,15,18H,2-6,9-10H2,1H3. The van der Waals surface area contributed by atoms with Crippen molar-refractivity contribution in [3.05, 3.63) is 35.0 Å². The van der Waals surface area contributed by atoms with Crippen LogP contribution in [0.4, 0.5) is 0 Å². The third kappa shape index (κ3) is 1.90. The van der Waals surface area contributed by atoms with E-state index in [-0.39, 0.29) is 0 Å². The number of hydrogen-bond donors (Lipinski definition) is 1. The highest BCUT2D eigenvalue weighted by atomic mass is 15.2. The molecule has 1 atom stereocenters. The number of nitrogens with zero attached hydrogens (tertiary/aromatic N) is 1. The molecule has 1 aromatic heterocycles. The van der Waals surface area contributed by atoms with Crippen molar-refractivity contribution in [1.82, 2.24) is 9.88 Å². The molecule has 2 aliphatic rings. The highest BCUT2D eigenvalue weighted by Gasteiger charge is 2.27. The highest BCUT2D eigenvalue weighted by molar-refractivity contribution is 5.88. The molecule has 1 aliphatic carbocycles. The van der Waals surface area contributed by atoms with Gasteiger partial charge in [-0.25, -0.2) is 0 Å². The first-order chi connectivity index (χ1) is 9.31. The van der Waals surface area contributed by atoms with Gasteiger partial charge in [0.25, 0.3) is 0 Å². The normalized spacial score (nSPS) is 23.9. The maximum absolute atomic E-state index is 3.47. The number of hydrogen-bond acceptors (Lipinski definition) is 1. The SMILES string of the molecule is Cc1cc2c3c(c[nH]c3c1)CC(N1CCCCC1)C2. The first kappa shape index (κ1) is 11.5. The summed E-state index contributed by atoms with van der Waals surface area (Å²) in [5, 5.41) is 1.51. The number of rotatable bonds is 1. The van der Waals surface area contributed by atoms with Crippen LogP contribution in [0.2, 0.25) is 0 Å². The molecule has 1 N–H and O–H groups in total. The monoisotopic (exact) mass is 254 g/mol. The minimum Gasteiger partial charge on any atom is -0.361 e. The summed E-state index contributed by atoms with van der Waals surface area (Å²) >= 11 is 0. The van der Waals surface area contributed by atoms with Gasteiger partial charge in [0, 0.05) is 23.1 Å². The molecule has 2 aromatic rings. The molecular formula is C17H22N2. The number of aromatic amines is 1. The minimum atomic E-state index is 0.730. The summed E-state index contributed by atoms with van der Waals surface area (Å²) in [6.07, 6.45) is 8.91. The summed E-state index contributed by atoms with van der Waals surface area (Å²) in [5.41, 5.74) is 5.82. The molecule has 0 radical (unpaired) electrons. The predicted molar refractivity (Wildman–Crippen MR) is 79.7 cm³/mol. The fourth-order valence-corrected chi connectivity index (χ4v) is 4.04. The molecule has 1 aliphatic heterocycles. The Morgan fingerprint density at radius 1 is 1.05 bits per heavy atom. The molecule has 2 heterocycles. The zero-order valence-electron chi connectivity index (χ0n) is 11.7. The van der Waals surface area contributed by atoms with Crippen molar-refractivity contribution in [3.8, 4) is 0 Å². The lowest BCUT2D eigenvalue weighted by Crippen LogP contribution is -2.42. The number of nitrogens with one attached hydrogen (secondary N) is 1. The Bertz CT molecular complexity index is 605. The molecule has 0 spiro atoms. The number of aromatic nitrogens is 1. The zero-order valence-corrected chi connectivity index (χ0v) is 11.7. The molecule has 0 bridgehead atoms. The van der Waals surface area contributed by atoms with E-state index < -0.39 is 0 Å². The first-order valence-electron chi connectivity index (χ1n) is 7.65. The van der Waals surface area contributed by atoms with Gasteiger partial charge in [-0.3, -0.25) is 4.90 Å². The Hall–Kier alpha value is -1.28. The maximum Gasteiger partial charge on any atom is 0.0462 e. The van der Waals surface area contributed by atoms with Gasteiger partial charge in [-0.15, -0.1) is 0 Å². The van der Waals surface area contributed by atoms with Crippen molar-refractivity contribution in [2.75, 3.05) is 13.1 Å². The number of likely N-dealkylation sites (tertiary alicyclic amines) is 1. The van der Waals surface area contributed by atoms with Crippen molar-refractivity contribution in [2.45, 2.75) is 45.1 Å². The Morgan fingerprint density at radius 3 is 2.68 bits per heavy atom. The molecular weight excluding hydrogens is 232 g/mol. The average Bonchev–Trinajstić information content (AvgIpc) is 2.83. The fraction of sp³-hybridized carbons (Fsp3) is 0.529. The lowest BCUT2D eigenvalue weighted by Gasteiger charge is -2.36. The number of benzene rings is 1. The summed E-state index contributed by atoms with van der Waals surface area (Å²) < 4.78 is 0. The molecule has 0 amide bonds. The smallest absolute Gasteiger partial charge is 0.0462 e. The molecule has 2 nitrogen and oxygen atoms in total. The molecule has 100 valence electrons. The van der Waals surface area contributed by atoms with Crippen molar-refractivity contribution < 1.29 is 0 Å². The van der Waals surface area contributed by atoms with Crippen LogP contribution in [0.5, 0.6) is 0 Å². The highest BCUT2D eigenvalue weighted by Crippen LogP contribution is 2.33. The van der Waals surface area contributed by atoms with Crippen LogP contribution in [0.1, 0.15) is 36.0 Å². The molecule has 1 unspecified atom stereocenters. The van der Waals surface area contributed by atoms with Crippen LogP contribution >= 0.6 is 0 Å². The minimum absolute atomic E-state index is 0.730. The first-order valence-corrected chi connectivity index (χ1v) is 7.65. The van der Waals surface area contributed by atoms with Crippen LogP contribution in [0.25, 0.3) is 10.9 Å². The second kappa shape index (κ2) is 4.38. The summed E-state index contributed by atoms with van der Waals surface area (Å²) in [5.74, 6) is 0. The molecule has 1 saturated heterocycles. The van der Waals surface area contributed by atoms with Crippen molar-refractivity contribution >= 4 is 10.9 Å². The summed E-state index contributed by atoms with van der Waals surface area (Å²) in [7, 11) is 0. The maximum atomic E-state index is 3.47. The molecule has 4 rings (SSSR count). The van der Waals surface area contributed by atoms with Crippen LogP contribution in [0.15, 0.2) is 18.3 Å². The summed E-state index contributed by atoms with van der Waals surface area (Å²) in [6, 6.07) is 5.41. The average molecular weight is 254 g/mol. The van der Waals surface area contributed by atoms with Crippen molar-refractivity contribution in [3.63, 3.8) is 0 Å². The second-order valence-electron chi connectivity index (χ2n) is 6.32. The van der Waals surface area contributed by atoms with Crippen molar-refractivity contribution in [1.29, 1.82) is 0 Å². The number of H-pyrrole nitrogens is 1. The Labute approximate surface area is 114 Å². The van der Waals surface area contributed by atoms with Gasteiger partial charge in [-0.05, 0) is 68.5 Å². The Balaban J connectivity index is 1.71. The fourth-order valence-electron chi connectivity index (χ4n) is 4.04. The molecule has 1 aromatic carbocycles. The molecule has 2 heteroatoms. The zero-order chi connectivity index (χ0) is 12.8. The molecule has 19 heavy (non-hydrogen) atoms. The van der Waals surface area contributed by atoms with E-state index in [1.807, 2.05) is 0 Å². The van der Waals surface area contributed by atoms with E-state index in [9.17, 15) is 0 Å². The largest absolute Gasteiger partial charge is 0.361 e. The number of aryl methyl sites for hydroxylation is 1. The lowest BCUT2D eigenvalue weighted by molar-refractivity contribution is 0.159. The topological polar surface area (TPSA) is 19.0 Å². The molecule has 0 saturated carbocycles. The second-order valence-corrected chi connectivity index (χ2v) is 6.32. The van der Waals surface area contributed by atoms with Crippen molar-refractivity contribution in [2.24, 2.45) is 0 Å². The van der Waals surface area contributed by atoms with Crippen LogP contribution < -0.4 is 0 Å². The van der Waals surface area contributed by atoms with Gasteiger partial charge in [0.2, 0.25) is 0 Å². The van der Waals surface area contributed by atoms with Gasteiger partial charge >= 0.3 is 0 Å². The third-order valence-corrected chi connectivity index (χ3v) is 4.91. The Kier molecular flexibility index (Phi) is 2.66. The van der Waals surface area contributed by atoms with Crippen LogP contribution in [0, 0.1) is 6.92 Å². The van der Waals surface area contributed by atoms with Gasteiger partial charge in [0.15, 0.2) is 0 Å². The molecule has 1 fully saturated rings. The Morgan fingerprint density at radius 2 is 1.84 bits per heavy atom. The van der Waals surface area contributed by atoms with E-state index in [0.29, 0.717) is 0 Å². The van der Waals surface area contributed by atoms with Crippen LogP contribution in [0.3, 0.4) is 0 Å². The van der Waals surface area contributed by atoms with Gasteiger partial charge in [-0.2, -0.15) is 0 Å². The predicted octanol–water partition coefficient (Wildman–Crippen LogP) is 3.43. The van der Waals surface area contributed by atoms with E-state index in [4.69, 9.17) is 0 Å².